The van der Waals surface area contributed by atoms with Crippen molar-refractivity contribution < 1.29 is 14.3 Å². The largest absolute Gasteiger partial charge is 0.380 e. The van der Waals surface area contributed by atoms with Gasteiger partial charge in [-0.15, -0.1) is 0 Å². The van der Waals surface area contributed by atoms with Crippen molar-refractivity contribution in [2.75, 3.05) is 13.2 Å². The van der Waals surface area contributed by atoms with Gasteiger partial charge in [-0.25, -0.2) is 4.79 Å². The van der Waals surface area contributed by atoms with E-state index in [0.29, 0.717) is 18.6 Å². The average Bonchev–Trinajstić information content (AvgIpc) is 2.16. The van der Waals surface area contributed by atoms with Crippen molar-refractivity contribution in [1.29, 1.82) is 0 Å². The lowest BCUT2D eigenvalue weighted by Crippen LogP contribution is -1.99. The Kier molecular flexibility index (Phi) is 7.58. The quantitative estimate of drug-likeness (QED) is 0.291. The highest BCUT2D eigenvalue weighted by molar-refractivity contribution is 5.87. The normalized spacial score (nSPS) is 8.71. The van der Waals surface area contributed by atoms with Gasteiger partial charge in [0.05, 0.1) is 6.61 Å². The Morgan fingerprint density at radius 3 is 2.71 bits per heavy atom. The molecule has 0 atom stereocenters. The SMILES string of the molecule is C=C(C)C(=O)OC#CCCOCCC. The van der Waals surface area contributed by atoms with Crippen molar-refractivity contribution in [3.8, 4) is 12.0 Å². The van der Waals surface area contributed by atoms with Gasteiger partial charge in [-0.2, -0.15) is 0 Å². The van der Waals surface area contributed by atoms with Crippen LogP contribution in [0.3, 0.4) is 0 Å². The van der Waals surface area contributed by atoms with Crippen LogP contribution >= 0.6 is 0 Å². The Hall–Kier alpha value is -1.27. The van der Waals surface area contributed by atoms with Crippen molar-refractivity contribution >= 4 is 5.97 Å². The Morgan fingerprint density at radius 1 is 1.43 bits per heavy atom. The average molecular weight is 196 g/mol. The third-order valence-corrected chi connectivity index (χ3v) is 1.28. The van der Waals surface area contributed by atoms with E-state index in [1.165, 1.54) is 0 Å². The minimum Gasteiger partial charge on any atom is -0.380 e. The van der Waals surface area contributed by atoms with Crippen molar-refractivity contribution in [3.63, 3.8) is 0 Å². The van der Waals surface area contributed by atoms with E-state index >= 15 is 0 Å². The molecular formula is C11H16O3. The van der Waals surface area contributed by atoms with E-state index in [4.69, 9.17) is 4.74 Å². The summed E-state index contributed by atoms with van der Waals surface area (Å²) >= 11 is 0. The maximum absolute atomic E-state index is 10.8. The summed E-state index contributed by atoms with van der Waals surface area (Å²) in [4.78, 5) is 10.8. The number of carbonyl (C=O) groups excluding carboxylic acids is 1. The van der Waals surface area contributed by atoms with Crippen LogP contribution in [0.4, 0.5) is 0 Å². The van der Waals surface area contributed by atoms with E-state index in [2.05, 4.69) is 23.3 Å². The third-order valence-electron chi connectivity index (χ3n) is 1.28. The van der Waals surface area contributed by atoms with E-state index in [-0.39, 0.29) is 0 Å². The molecule has 0 spiro atoms. The van der Waals surface area contributed by atoms with Gasteiger partial charge in [-0.3, -0.25) is 0 Å². The lowest BCUT2D eigenvalue weighted by atomic mass is 10.4. The lowest BCUT2D eigenvalue weighted by molar-refractivity contribution is -0.132. The monoisotopic (exact) mass is 196 g/mol. The van der Waals surface area contributed by atoms with Gasteiger partial charge in [-0.1, -0.05) is 19.4 Å². The van der Waals surface area contributed by atoms with Crippen molar-refractivity contribution in [3.05, 3.63) is 12.2 Å². The van der Waals surface area contributed by atoms with Gasteiger partial charge < -0.3 is 9.47 Å². The molecule has 0 bridgehead atoms. The van der Waals surface area contributed by atoms with Gasteiger partial charge in [0.15, 0.2) is 0 Å². The zero-order valence-corrected chi connectivity index (χ0v) is 8.76. The molecule has 0 heterocycles. The third kappa shape index (κ3) is 7.38. The summed E-state index contributed by atoms with van der Waals surface area (Å²) in [6.45, 7) is 8.37. The molecule has 0 amide bonds. The summed E-state index contributed by atoms with van der Waals surface area (Å²) in [5.41, 5.74) is 0.349. The Morgan fingerprint density at radius 2 is 2.14 bits per heavy atom. The second-order valence-corrected chi connectivity index (χ2v) is 2.81. The second kappa shape index (κ2) is 8.33. The molecule has 0 unspecified atom stereocenters. The smallest absolute Gasteiger partial charge is 0.347 e. The highest BCUT2D eigenvalue weighted by atomic mass is 16.5. The predicted octanol–water partition coefficient (Wildman–Crippen LogP) is 1.88. The molecule has 0 aliphatic carbocycles. The first-order valence-electron chi connectivity index (χ1n) is 4.60. The summed E-state index contributed by atoms with van der Waals surface area (Å²) in [5.74, 6) is 2.19. The Bertz CT molecular complexity index is 245. The standard InChI is InChI=1S/C11H16O3/c1-4-7-13-8-5-6-9-14-11(12)10(2)3/h2,4-5,7-8H2,1,3H3. The summed E-state index contributed by atoms with van der Waals surface area (Å²) in [5, 5.41) is 0. The van der Waals surface area contributed by atoms with E-state index in [1.54, 1.807) is 6.92 Å². The first-order chi connectivity index (χ1) is 6.68. The van der Waals surface area contributed by atoms with Crippen LogP contribution in [-0.4, -0.2) is 19.2 Å². The van der Waals surface area contributed by atoms with Crippen LogP contribution in [0.15, 0.2) is 12.2 Å². The molecule has 0 N–H and O–H groups in total. The highest BCUT2D eigenvalue weighted by Crippen LogP contribution is 1.90. The Balaban J connectivity index is 3.44. The fraction of sp³-hybridized carbons (Fsp3) is 0.545. The molecule has 0 rings (SSSR count). The van der Waals surface area contributed by atoms with Crippen molar-refractivity contribution in [1.82, 2.24) is 0 Å². The van der Waals surface area contributed by atoms with Crippen molar-refractivity contribution in [2.45, 2.75) is 26.7 Å². The maximum Gasteiger partial charge on any atom is 0.347 e. The molecular weight excluding hydrogens is 180 g/mol. The molecule has 0 aromatic rings. The predicted molar refractivity (Wildman–Crippen MR) is 54.4 cm³/mol. The number of rotatable bonds is 5. The second-order valence-electron chi connectivity index (χ2n) is 2.81. The molecule has 0 saturated carbocycles. The van der Waals surface area contributed by atoms with Gasteiger partial charge in [0, 0.05) is 18.6 Å². The number of hydrogen-bond donors (Lipinski definition) is 0. The van der Waals surface area contributed by atoms with E-state index < -0.39 is 5.97 Å². The summed E-state index contributed by atoms with van der Waals surface area (Å²) in [6, 6.07) is 0. The van der Waals surface area contributed by atoms with Crippen LogP contribution in [0.25, 0.3) is 0 Å². The molecule has 0 fully saturated rings. The highest BCUT2D eigenvalue weighted by Gasteiger charge is 1.98. The minimum atomic E-state index is -0.480. The first kappa shape index (κ1) is 12.7. The van der Waals surface area contributed by atoms with E-state index in [1.807, 2.05) is 6.92 Å². The van der Waals surface area contributed by atoms with Crippen LogP contribution in [0.1, 0.15) is 26.7 Å². The fourth-order valence-corrected chi connectivity index (χ4v) is 0.590. The van der Waals surface area contributed by atoms with Crippen LogP contribution in [0, 0.1) is 12.0 Å². The lowest BCUT2D eigenvalue weighted by Gasteiger charge is -1.96. The maximum atomic E-state index is 10.8. The first-order valence-corrected chi connectivity index (χ1v) is 4.60. The molecule has 3 heteroatoms. The zero-order valence-electron chi connectivity index (χ0n) is 8.76. The molecule has 0 aromatic carbocycles. The van der Waals surface area contributed by atoms with Gasteiger partial charge in [0.1, 0.15) is 6.11 Å². The number of esters is 1. The fourth-order valence-electron chi connectivity index (χ4n) is 0.590. The van der Waals surface area contributed by atoms with Gasteiger partial charge in [-0.05, 0) is 13.3 Å². The van der Waals surface area contributed by atoms with Gasteiger partial charge in [0.2, 0.25) is 0 Å². The van der Waals surface area contributed by atoms with Crippen LogP contribution < -0.4 is 0 Å². The zero-order chi connectivity index (χ0) is 10.8. The van der Waals surface area contributed by atoms with E-state index in [0.717, 1.165) is 13.0 Å². The number of ether oxygens (including phenoxy) is 2. The Labute approximate surface area is 85.1 Å². The van der Waals surface area contributed by atoms with Crippen LogP contribution in [0.2, 0.25) is 0 Å². The van der Waals surface area contributed by atoms with Gasteiger partial charge >= 0.3 is 5.97 Å². The number of carbonyl (C=O) groups is 1. The minimum absolute atomic E-state index is 0.349. The summed E-state index contributed by atoms with van der Waals surface area (Å²) in [7, 11) is 0. The van der Waals surface area contributed by atoms with Crippen molar-refractivity contribution in [2.24, 2.45) is 0 Å². The van der Waals surface area contributed by atoms with Gasteiger partial charge in [0.25, 0.3) is 0 Å². The topological polar surface area (TPSA) is 35.5 Å². The van der Waals surface area contributed by atoms with E-state index in [9.17, 15) is 4.79 Å². The summed E-state index contributed by atoms with van der Waals surface area (Å²) in [6.07, 6.45) is 3.87. The molecule has 14 heavy (non-hydrogen) atoms. The molecule has 0 saturated heterocycles. The summed E-state index contributed by atoms with van der Waals surface area (Å²) < 4.78 is 9.73. The molecule has 3 nitrogen and oxygen atoms in total. The van der Waals surface area contributed by atoms with Crippen LogP contribution in [0.5, 0.6) is 0 Å². The van der Waals surface area contributed by atoms with Crippen LogP contribution in [-0.2, 0) is 14.3 Å². The molecule has 0 aromatic heterocycles. The number of hydrogen-bond acceptors (Lipinski definition) is 3. The molecule has 0 aliphatic heterocycles. The molecule has 78 valence electrons. The molecule has 0 radical (unpaired) electrons. The molecule has 0 aliphatic rings.